The first kappa shape index (κ1) is 17.1. The minimum absolute atomic E-state index is 0.170. The largest absolute Gasteiger partial charge is 0.466 e. The van der Waals surface area contributed by atoms with Crippen molar-refractivity contribution >= 4 is 23.7 Å². The molecule has 0 unspecified atom stereocenters. The third-order valence-electron chi connectivity index (χ3n) is 4.74. The second-order valence-corrected chi connectivity index (χ2v) is 6.25. The highest BCUT2D eigenvalue weighted by atomic mass is 16.5. The van der Waals surface area contributed by atoms with E-state index < -0.39 is 5.91 Å². The van der Waals surface area contributed by atoms with Gasteiger partial charge in [-0.05, 0) is 38.0 Å². The lowest BCUT2D eigenvalue weighted by molar-refractivity contribution is -0.149. The SMILES string of the molecule is CCOC(=O)C1CCN(C(=O)c2ccc3c(c2)C(=O)N(C)C3=O)CC1. The second-order valence-electron chi connectivity index (χ2n) is 6.25. The Morgan fingerprint density at radius 3 is 2.40 bits per heavy atom. The number of ether oxygens (including phenoxy) is 1. The topological polar surface area (TPSA) is 84.0 Å². The maximum Gasteiger partial charge on any atom is 0.309 e. The van der Waals surface area contributed by atoms with Crippen LogP contribution in [0.4, 0.5) is 0 Å². The van der Waals surface area contributed by atoms with Crippen LogP contribution in [0.1, 0.15) is 50.8 Å². The van der Waals surface area contributed by atoms with Crippen LogP contribution in [0.15, 0.2) is 18.2 Å². The standard InChI is InChI=1S/C18H20N2O5/c1-3-25-18(24)11-6-8-20(9-7-11)15(21)12-4-5-13-14(10-12)17(23)19(2)16(13)22/h4-5,10-11H,3,6-9H2,1-2H3. The minimum Gasteiger partial charge on any atom is -0.466 e. The molecule has 0 atom stereocenters. The van der Waals surface area contributed by atoms with Crippen LogP contribution in [0, 0.1) is 5.92 Å². The molecule has 7 nitrogen and oxygen atoms in total. The molecule has 2 heterocycles. The summed E-state index contributed by atoms with van der Waals surface area (Å²) in [5.41, 5.74) is 0.967. The summed E-state index contributed by atoms with van der Waals surface area (Å²) >= 11 is 0. The lowest BCUT2D eigenvalue weighted by Crippen LogP contribution is -2.40. The summed E-state index contributed by atoms with van der Waals surface area (Å²) in [7, 11) is 1.42. The molecule has 3 amide bonds. The van der Waals surface area contributed by atoms with E-state index in [1.807, 2.05) is 0 Å². The molecule has 0 aliphatic carbocycles. The van der Waals surface area contributed by atoms with Crippen molar-refractivity contribution in [3.8, 4) is 0 Å². The average molecular weight is 344 g/mol. The van der Waals surface area contributed by atoms with Crippen molar-refractivity contribution in [1.82, 2.24) is 9.80 Å². The number of hydrogen-bond donors (Lipinski definition) is 0. The Bertz CT molecular complexity index is 750. The third-order valence-corrected chi connectivity index (χ3v) is 4.74. The van der Waals surface area contributed by atoms with E-state index in [4.69, 9.17) is 4.74 Å². The molecule has 132 valence electrons. The zero-order valence-electron chi connectivity index (χ0n) is 14.3. The number of benzene rings is 1. The van der Waals surface area contributed by atoms with Gasteiger partial charge in [0.15, 0.2) is 0 Å². The van der Waals surface area contributed by atoms with Crippen molar-refractivity contribution in [3.63, 3.8) is 0 Å². The van der Waals surface area contributed by atoms with Gasteiger partial charge in [0.2, 0.25) is 0 Å². The van der Waals surface area contributed by atoms with E-state index in [1.165, 1.54) is 19.2 Å². The fourth-order valence-electron chi connectivity index (χ4n) is 3.26. The van der Waals surface area contributed by atoms with Gasteiger partial charge < -0.3 is 9.64 Å². The number of esters is 1. The van der Waals surface area contributed by atoms with Crippen molar-refractivity contribution in [2.45, 2.75) is 19.8 Å². The number of fused-ring (bicyclic) bond motifs is 1. The van der Waals surface area contributed by atoms with Gasteiger partial charge in [-0.1, -0.05) is 0 Å². The van der Waals surface area contributed by atoms with Crippen LogP contribution < -0.4 is 0 Å². The van der Waals surface area contributed by atoms with Gasteiger partial charge >= 0.3 is 5.97 Å². The van der Waals surface area contributed by atoms with Crippen molar-refractivity contribution < 1.29 is 23.9 Å². The van der Waals surface area contributed by atoms with Gasteiger partial charge in [0.1, 0.15) is 0 Å². The minimum atomic E-state index is -0.393. The highest BCUT2D eigenvalue weighted by Gasteiger charge is 2.34. The predicted molar refractivity (Wildman–Crippen MR) is 88.1 cm³/mol. The van der Waals surface area contributed by atoms with Crippen LogP contribution in [-0.4, -0.2) is 60.2 Å². The van der Waals surface area contributed by atoms with Crippen LogP contribution in [0.2, 0.25) is 0 Å². The Balaban J connectivity index is 1.70. The molecule has 0 aromatic heterocycles. The zero-order valence-corrected chi connectivity index (χ0v) is 14.3. The normalized spacial score (nSPS) is 17.7. The smallest absolute Gasteiger partial charge is 0.309 e. The highest BCUT2D eigenvalue weighted by molar-refractivity contribution is 6.21. The van der Waals surface area contributed by atoms with Crippen LogP contribution >= 0.6 is 0 Å². The summed E-state index contributed by atoms with van der Waals surface area (Å²) in [6.45, 7) is 3.06. The highest BCUT2D eigenvalue weighted by Crippen LogP contribution is 2.25. The van der Waals surface area contributed by atoms with Crippen LogP contribution in [0.25, 0.3) is 0 Å². The summed E-state index contributed by atoms with van der Waals surface area (Å²) in [4.78, 5) is 51.1. The lowest BCUT2D eigenvalue weighted by Gasteiger charge is -2.31. The van der Waals surface area contributed by atoms with Crippen molar-refractivity contribution in [2.24, 2.45) is 5.92 Å². The maximum absolute atomic E-state index is 12.7. The van der Waals surface area contributed by atoms with Gasteiger partial charge in [-0.3, -0.25) is 24.1 Å². The number of rotatable bonds is 3. The number of imide groups is 1. The fraction of sp³-hybridized carbons (Fsp3) is 0.444. The van der Waals surface area contributed by atoms with Gasteiger partial charge in [0, 0.05) is 25.7 Å². The van der Waals surface area contributed by atoms with Crippen molar-refractivity contribution in [2.75, 3.05) is 26.7 Å². The molecule has 0 radical (unpaired) electrons. The van der Waals surface area contributed by atoms with Gasteiger partial charge in [0.25, 0.3) is 17.7 Å². The first-order valence-electron chi connectivity index (χ1n) is 8.36. The molecule has 0 spiro atoms. The zero-order chi connectivity index (χ0) is 18.1. The Morgan fingerprint density at radius 1 is 1.12 bits per heavy atom. The number of nitrogens with zero attached hydrogens (tertiary/aromatic N) is 2. The Kier molecular flexibility index (Phi) is 4.57. The Morgan fingerprint density at radius 2 is 1.76 bits per heavy atom. The van der Waals surface area contributed by atoms with Crippen LogP contribution in [0.5, 0.6) is 0 Å². The Hall–Kier alpha value is -2.70. The molecule has 1 saturated heterocycles. The van der Waals surface area contributed by atoms with E-state index in [2.05, 4.69) is 0 Å². The number of carbonyl (C=O) groups is 4. The molecule has 3 rings (SSSR count). The van der Waals surface area contributed by atoms with E-state index in [9.17, 15) is 19.2 Å². The summed E-state index contributed by atoms with van der Waals surface area (Å²) < 4.78 is 5.03. The molecule has 2 aliphatic heterocycles. The van der Waals surface area contributed by atoms with Crippen molar-refractivity contribution in [3.05, 3.63) is 34.9 Å². The molecule has 7 heteroatoms. The van der Waals surface area contributed by atoms with E-state index in [0.29, 0.717) is 43.7 Å². The number of hydrogen-bond acceptors (Lipinski definition) is 5. The summed E-state index contributed by atoms with van der Waals surface area (Å²) in [5, 5.41) is 0. The fourth-order valence-corrected chi connectivity index (χ4v) is 3.26. The van der Waals surface area contributed by atoms with Gasteiger partial charge in [0.05, 0.1) is 23.7 Å². The number of amides is 3. The summed E-state index contributed by atoms with van der Waals surface area (Å²) in [6.07, 6.45) is 1.13. The lowest BCUT2D eigenvalue weighted by atomic mass is 9.96. The molecule has 0 N–H and O–H groups in total. The number of piperidine rings is 1. The van der Waals surface area contributed by atoms with Gasteiger partial charge in [-0.15, -0.1) is 0 Å². The summed E-state index contributed by atoms with van der Waals surface area (Å²) in [5.74, 6) is -1.32. The first-order chi connectivity index (χ1) is 11.9. The number of carbonyl (C=O) groups excluding carboxylic acids is 4. The number of likely N-dealkylation sites (tertiary alicyclic amines) is 1. The molecule has 2 aliphatic rings. The molecular formula is C18H20N2O5. The first-order valence-corrected chi connectivity index (χ1v) is 8.36. The molecule has 1 fully saturated rings. The van der Waals surface area contributed by atoms with Crippen LogP contribution in [-0.2, 0) is 9.53 Å². The molecule has 0 saturated carbocycles. The molecule has 1 aromatic rings. The van der Waals surface area contributed by atoms with Crippen LogP contribution in [0.3, 0.4) is 0 Å². The summed E-state index contributed by atoms with van der Waals surface area (Å²) in [6, 6.07) is 4.58. The molecule has 0 bridgehead atoms. The maximum atomic E-state index is 12.7. The predicted octanol–water partition coefficient (Wildman–Crippen LogP) is 1.33. The monoisotopic (exact) mass is 344 g/mol. The second kappa shape index (κ2) is 6.66. The Labute approximate surface area is 145 Å². The molecule has 25 heavy (non-hydrogen) atoms. The molecular weight excluding hydrogens is 324 g/mol. The average Bonchev–Trinajstić information content (AvgIpc) is 2.85. The third kappa shape index (κ3) is 3.01. The quantitative estimate of drug-likeness (QED) is 0.610. The van der Waals surface area contributed by atoms with Crippen molar-refractivity contribution in [1.29, 1.82) is 0 Å². The molecule has 1 aromatic carbocycles. The van der Waals surface area contributed by atoms with E-state index in [-0.39, 0.29) is 29.3 Å². The van der Waals surface area contributed by atoms with E-state index in [1.54, 1.807) is 17.9 Å². The van der Waals surface area contributed by atoms with Gasteiger partial charge in [-0.2, -0.15) is 0 Å². The van der Waals surface area contributed by atoms with Gasteiger partial charge in [-0.25, -0.2) is 0 Å². The van der Waals surface area contributed by atoms with E-state index >= 15 is 0 Å². The van der Waals surface area contributed by atoms with E-state index in [0.717, 1.165) is 4.90 Å².